The van der Waals surface area contributed by atoms with Crippen LogP contribution < -0.4 is 20.9 Å². The average Bonchev–Trinajstić information content (AvgIpc) is 2.72. The van der Waals surface area contributed by atoms with Crippen molar-refractivity contribution in [1.29, 1.82) is 0 Å². The van der Waals surface area contributed by atoms with Crippen LogP contribution >= 0.6 is 23.8 Å². The molecular formula is C21H24ClN3O3S. The molecule has 2 rings (SSSR count). The van der Waals surface area contributed by atoms with Crippen molar-refractivity contribution in [2.45, 2.75) is 32.6 Å². The molecule has 0 heterocycles. The normalized spacial score (nSPS) is 10.1. The fourth-order valence-corrected chi connectivity index (χ4v) is 2.82. The third-order valence-corrected chi connectivity index (χ3v) is 4.55. The molecule has 0 saturated carbocycles. The van der Waals surface area contributed by atoms with Gasteiger partial charge in [0.15, 0.2) is 5.11 Å². The standard InChI is InChI=1S/C21H24ClN3O3S/c1-2-3-4-7-14-28-16-12-10-15(11-13-16)19(26)24-25-21(29)23-20(27)17-8-5-6-9-18(17)22/h5-6,8-13H,2-4,7,14H2,1H3,(H,24,26)(H2,23,25,27,29). The molecule has 0 saturated heterocycles. The first-order valence-electron chi connectivity index (χ1n) is 9.40. The van der Waals surface area contributed by atoms with Crippen LogP contribution in [0.4, 0.5) is 0 Å². The Labute approximate surface area is 180 Å². The third kappa shape index (κ3) is 7.71. The molecule has 0 aliphatic heterocycles. The van der Waals surface area contributed by atoms with Crippen LogP contribution in [0.5, 0.6) is 5.75 Å². The Morgan fingerprint density at radius 2 is 1.69 bits per heavy atom. The number of hydrogen-bond donors (Lipinski definition) is 3. The predicted octanol–water partition coefficient (Wildman–Crippen LogP) is 4.25. The number of amides is 2. The quantitative estimate of drug-likeness (QED) is 0.329. The number of ether oxygens (including phenoxy) is 1. The molecule has 0 atom stereocenters. The van der Waals surface area contributed by atoms with Crippen molar-refractivity contribution in [3.05, 3.63) is 64.7 Å². The summed E-state index contributed by atoms with van der Waals surface area (Å²) in [5, 5.41) is 2.72. The lowest BCUT2D eigenvalue weighted by Gasteiger charge is -2.12. The van der Waals surface area contributed by atoms with Gasteiger partial charge in [0.1, 0.15) is 5.75 Å². The van der Waals surface area contributed by atoms with Crippen molar-refractivity contribution in [3.63, 3.8) is 0 Å². The lowest BCUT2D eigenvalue weighted by Crippen LogP contribution is -2.48. The minimum absolute atomic E-state index is 0.0460. The van der Waals surface area contributed by atoms with Crippen molar-refractivity contribution in [1.82, 2.24) is 16.2 Å². The van der Waals surface area contributed by atoms with Crippen LogP contribution in [0.25, 0.3) is 0 Å². The second-order valence-corrected chi connectivity index (χ2v) is 7.09. The van der Waals surface area contributed by atoms with Crippen LogP contribution in [0.3, 0.4) is 0 Å². The topological polar surface area (TPSA) is 79.5 Å². The molecule has 0 bridgehead atoms. The number of thiocarbonyl (C=S) groups is 1. The largest absolute Gasteiger partial charge is 0.494 e. The summed E-state index contributed by atoms with van der Waals surface area (Å²) in [6.45, 7) is 2.82. The van der Waals surface area contributed by atoms with Gasteiger partial charge in [0.05, 0.1) is 17.2 Å². The highest BCUT2D eigenvalue weighted by Crippen LogP contribution is 2.14. The van der Waals surface area contributed by atoms with Gasteiger partial charge < -0.3 is 4.74 Å². The lowest BCUT2D eigenvalue weighted by molar-refractivity contribution is 0.0934. The minimum atomic E-state index is -0.470. The van der Waals surface area contributed by atoms with Crippen LogP contribution in [0.15, 0.2) is 48.5 Å². The third-order valence-electron chi connectivity index (χ3n) is 4.02. The summed E-state index contributed by atoms with van der Waals surface area (Å²) < 4.78 is 5.65. The van der Waals surface area contributed by atoms with E-state index < -0.39 is 11.8 Å². The van der Waals surface area contributed by atoms with Crippen LogP contribution in [0.1, 0.15) is 53.3 Å². The van der Waals surface area contributed by atoms with Crippen LogP contribution in [0.2, 0.25) is 5.02 Å². The van der Waals surface area contributed by atoms with Gasteiger partial charge in [-0.2, -0.15) is 0 Å². The fraction of sp³-hybridized carbons (Fsp3) is 0.286. The highest BCUT2D eigenvalue weighted by Gasteiger charge is 2.12. The molecule has 0 fully saturated rings. The highest BCUT2D eigenvalue weighted by molar-refractivity contribution is 7.80. The van der Waals surface area contributed by atoms with Crippen LogP contribution in [-0.2, 0) is 0 Å². The summed E-state index contributed by atoms with van der Waals surface area (Å²) in [5.41, 5.74) is 5.65. The van der Waals surface area contributed by atoms with E-state index in [1.807, 2.05) is 0 Å². The van der Waals surface area contributed by atoms with Crippen LogP contribution in [-0.4, -0.2) is 23.5 Å². The van der Waals surface area contributed by atoms with E-state index in [1.165, 1.54) is 12.8 Å². The molecule has 154 valence electrons. The Bertz CT molecular complexity index is 843. The van der Waals surface area contributed by atoms with Gasteiger partial charge in [-0.3, -0.25) is 25.8 Å². The first-order chi connectivity index (χ1) is 14.0. The van der Waals surface area contributed by atoms with Gasteiger partial charge in [-0.25, -0.2) is 0 Å². The maximum atomic E-state index is 12.2. The molecule has 8 heteroatoms. The van der Waals surface area contributed by atoms with E-state index in [2.05, 4.69) is 23.1 Å². The first-order valence-corrected chi connectivity index (χ1v) is 10.2. The van der Waals surface area contributed by atoms with Gasteiger partial charge in [-0.15, -0.1) is 0 Å². The Balaban J connectivity index is 1.76. The van der Waals surface area contributed by atoms with E-state index in [9.17, 15) is 9.59 Å². The van der Waals surface area contributed by atoms with Crippen molar-refractivity contribution in [2.24, 2.45) is 0 Å². The molecule has 0 aromatic heterocycles. The predicted molar refractivity (Wildman–Crippen MR) is 118 cm³/mol. The molecule has 6 nitrogen and oxygen atoms in total. The Morgan fingerprint density at radius 3 is 2.38 bits per heavy atom. The molecular weight excluding hydrogens is 410 g/mol. The van der Waals surface area contributed by atoms with Crippen molar-refractivity contribution in [2.75, 3.05) is 6.61 Å². The number of hydrazine groups is 1. The van der Waals surface area contributed by atoms with Gasteiger partial charge in [-0.1, -0.05) is 49.9 Å². The molecule has 0 aliphatic carbocycles. The van der Waals surface area contributed by atoms with Crippen LogP contribution in [0, 0.1) is 0 Å². The summed E-state index contributed by atoms with van der Waals surface area (Å²) in [5.74, 6) is -0.148. The number of nitrogens with one attached hydrogen (secondary N) is 3. The van der Waals surface area contributed by atoms with Gasteiger partial charge in [-0.05, 0) is 55.0 Å². The summed E-state index contributed by atoms with van der Waals surface area (Å²) >= 11 is 11.0. The smallest absolute Gasteiger partial charge is 0.269 e. The highest BCUT2D eigenvalue weighted by atomic mass is 35.5. The number of rotatable bonds is 8. The maximum Gasteiger partial charge on any atom is 0.269 e. The number of hydrogen-bond acceptors (Lipinski definition) is 4. The molecule has 0 radical (unpaired) electrons. The van der Waals surface area contributed by atoms with Gasteiger partial charge in [0.25, 0.3) is 11.8 Å². The van der Waals surface area contributed by atoms with Gasteiger partial charge >= 0.3 is 0 Å². The number of benzene rings is 2. The van der Waals surface area contributed by atoms with E-state index in [1.54, 1.807) is 48.5 Å². The SMILES string of the molecule is CCCCCCOc1ccc(C(=O)NNC(=S)NC(=O)c2ccccc2Cl)cc1. The molecule has 0 unspecified atom stereocenters. The van der Waals surface area contributed by atoms with Gasteiger partial charge in [0.2, 0.25) is 0 Å². The average molecular weight is 434 g/mol. The van der Waals surface area contributed by atoms with E-state index >= 15 is 0 Å². The van der Waals surface area contributed by atoms with E-state index in [-0.39, 0.29) is 10.7 Å². The van der Waals surface area contributed by atoms with Crippen molar-refractivity contribution < 1.29 is 14.3 Å². The summed E-state index contributed by atoms with van der Waals surface area (Å²) in [6.07, 6.45) is 4.55. The van der Waals surface area contributed by atoms with E-state index in [0.29, 0.717) is 22.9 Å². The molecule has 0 aliphatic rings. The number of halogens is 1. The lowest BCUT2D eigenvalue weighted by atomic mass is 10.2. The molecule has 2 amide bonds. The second kappa shape index (κ2) is 12.0. The van der Waals surface area contributed by atoms with Gasteiger partial charge in [0, 0.05) is 5.56 Å². The number of carbonyl (C=O) groups excluding carboxylic acids is 2. The molecule has 0 spiro atoms. The maximum absolute atomic E-state index is 12.2. The summed E-state index contributed by atoms with van der Waals surface area (Å²) in [6, 6.07) is 13.4. The fourth-order valence-electron chi connectivity index (χ4n) is 2.45. The zero-order valence-corrected chi connectivity index (χ0v) is 17.7. The van der Waals surface area contributed by atoms with E-state index in [0.717, 1.165) is 12.8 Å². The molecule has 29 heavy (non-hydrogen) atoms. The van der Waals surface area contributed by atoms with Crippen molar-refractivity contribution >= 4 is 40.7 Å². The Morgan fingerprint density at radius 1 is 0.966 bits per heavy atom. The second-order valence-electron chi connectivity index (χ2n) is 6.28. The zero-order chi connectivity index (χ0) is 21.1. The Kier molecular flexibility index (Phi) is 9.40. The zero-order valence-electron chi connectivity index (χ0n) is 16.2. The minimum Gasteiger partial charge on any atom is -0.494 e. The molecule has 2 aromatic carbocycles. The van der Waals surface area contributed by atoms with Crippen molar-refractivity contribution in [3.8, 4) is 5.75 Å². The number of carbonyl (C=O) groups is 2. The monoisotopic (exact) mass is 433 g/mol. The Hall–Kier alpha value is -2.64. The molecule has 2 aromatic rings. The molecule has 3 N–H and O–H groups in total. The van der Waals surface area contributed by atoms with E-state index in [4.69, 9.17) is 28.6 Å². The first kappa shape index (κ1) is 22.6. The number of unbranched alkanes of at least 4 members (excludes halogenated alkanes) is 3. The summed E-state index contributed by atoms with van der Waals surface area (Å²) in [7, 11) is 0. The summed E-state index contributed by atoms with van der Waals surface area (Å²) in [4.78, 5) is 24.3.